The van der Waals surface area contributed by atoms with Gasteiger partial charge in [-0.05, 0) is 33.4 Å². The summed E-state index contributed by atoms with van der Waals surface area (Å²) < 4.78 is 11.1. The van der Waals surface area contributed by atoms with Crippen molar-refractivity contribution >= 4 is 14.3 Å². The Morgan fingerprint density at radius 1 is 1.40 bits per heavy atom. The van der Waals surface area contributed by atoms with Gasteiger partial charge in [0, 0.05) is 12.2 Å². The molecular formula is C11H22O3Si. The second-order valence-corrected chi connectivity index (χ2v) is 8.26. The van der Waals surface area contributed by atoms with Gasteiger partial charge in [0.15, 0.2) is 0 Å². The zero-order chi connectivity index (χ0) is 12.1. The molecule has 0 rings (SSSR count). The molecule has 4 heteroatoms. The highest BCUT2D eigenvalue weighted by atomic mass is 28.4. The smallest absolute Gasteiger partial charge is 0.333 e. The lowest BCUT2D eigenvalue weighted by Gasteiger charge is -2.30. The minimum atomic E-state index is -1.93. The van der Waals surface area contributed by atoms with Gasteiger partial charge >= 0.3 is 5.97 Å². The maximum atomic E-state index is 11.4. The van der Waals surface area contributed by atoms with Gasteiger partial charge in [0.2, 0.25) is 8.32 Å². The highest BCUT2D eigenvalue weighted by Gasteiger charge is 2.35. The van der Waals surface area contributed by atoms with E-state index in [-0.39, 0.29) is 11.7 Å². The molecule has 0 aromatic rings. The van der Waals surface area contributed by atoms with Crippen LogP contribution < -0.4 is 0 Å². The van der Waals surface area contributed by atoms with Crippen LogP contribution in [0.3, 0.4) is 0 Å². The minimum Gasteiger partial charge on any atom is -0.460 e. The average Bonchev–Trinajstić information content (AvgIpc) is 2.12. The lowest BCUT2D eigenvalue weighted by molar-refractivity contribution is -0.141. The van der Waals surface area contributed by atoms with Crippen LogP contribution >= 0.6 is 0 Å². The first-order chi connectivity index (χ1) is 6.85. The Morgan fingerprint density at radius 3 is 2.27 bits per heavy atom. The number of carbonyl (C=O) groups is 1. The Bertz CT molecular complexity index is 236. The molecule has 0 aromatic heterocycles. The van der Waals surface area contributed by atoms with Gasteiger partial charge in [-0.15, -0.1) is 0 Å². The Balaban J connectivity index is 4.48. The molecule has 1 atom stereocenters. The zero-order valence-electron chi connectivity index (χ0n) is 10.4. The first-order valence-corrected chi connectivity index (χ1v) is 8.34. The Kier molecular flexibility index (Phi) is 5.83. The number of hydrogen-bond acceptors (Lipinski definition) is 3. The van der Waals surface area contributed by atoms with Crippen molar-refractivity contribution in [3.8, 4) is 0 Å². The van der Waals surface area contributed by atoms with Gasteiger partial charge < -0.3 is 9.16 Å². The van der Waals surface area contributed by atoms with Gasteiger partial charge in [-0.2, -0.15) is 0 Å². The molecule has 0 fully saturated rings. The predicted molar refractivity (Wildman–Crippen MR) is 64.1 cm³/mol. The lowest BCUT2D eigenvalue weighted by Crippen LogP contribution is -2.47. The molecule has 1 unspecified atom stereocenters. The average molecular weight is 230 g/mol. The third-order valence-corrected chi connectivity index (χ3v) is 5.37. The van der Waals surface area contributed by atoms with Crippen molar-refractivity contribution in [2.75, 3.05) is 6.61 Å². The van der Waals surface area contributed by atoms with Crippen LogP contribution in [0.2, 0.25) is 13.1 Å². The molecule has 0 saturated heterocycles. The monoisotopic (exact) mass is 230 g/mol. The molecular weight excluding hydrogens is 208 g/mol. The SMILES string of the molecule is C=C(C)C(=O)OC(CC)[Si](C)(C)OCC. The molecule has 0 aromatic carbocycles. The second-order valence-electron chi connectivity index (χ2n) is 4.12. The van der Waals surface area contributed by atoms with Gasteiger partial charge in [0.05, 0.1) is 0 Å². The molecule has 0 aliphatic heterocycles. The maximum Gasteiger partial charge on any atom is 0.333 e. The normalized spacial score (nSPS) is 13.4. The van der Waals surface area contributed by atoms with E-state index in [9.17, 15) is 4.79 Å². The molecule has 0 amide bonds. The van der Waals surface area contributed by atoms with Crippen molar-refractivity contribution in [1.29, 1.82) is 0 Å². The third kappa shape index (κ3) is 4.62. The van der Waals surface area contributed by atoms with E-state index < -0.39 is 8.32 Å². The van der Waals surface area contributed by atoms with E-state index in [2.05, 4.69) is 19.7 Å². The third-order valence-electron chi connectivity index (χ3n) is 2.26. The Labute approximate surface area is 93.6 Å². The van der Waals surface area contributed by atoms with Crippen molar-refractivity contribution in [1.82, 2.24) is 0 Å². The van der Waals surface area contributed by atoms with Crippen molar-refractivity contribution < 1.29 is 14.0 Å². The van der Waals surface area contributed by atoms with Crippen molar-refractivity contribution in [3.63, 3.8) is 0 Å². The quantitative estimate of drug-likeness (QED) is 0.400. The number of rotatable bonds is 6. The van der Waals surface area contributed by atoms with Crippen molar-refractivity contribution in [3.05, 3.63) is 12.2 Å². The van der Waals surface area contributed by atoms with Crippen LogP contribution in [0.15, 0.2) is 12.2 Å². The van der Waals surface area contributed by atoms with E-state index in [1.807, 2.05) is 13.8 Å². The Hall–Kier alpha value is -0.613. The summed E-state index contributed by atoms with van der Waals surface area (Å²) in [7, 11) is -1.93. The van der Waals surface area contributed by atoms with Crippen LogP contribution in [0.25, 0.3) is 0 Å². The van der Waals surface area contributed by atoms with Crippen molar-refractivity contribution in [2.24, 2.45) is 0 Å². The van der Waals surface area contributed by atoms with Crippen LogP contribution in [-0.2, 0) is 14.0 Å². The highest BCUT2D eigenvalue weighted by Crippen LogP contribution is 2.17. The van der Waals surface area contributed by atoms with Gasteiger partial charge in [0.1, 0.15) is 5.73 Å². The standard InChI is InChI=1S/C11H22O3Si/c1-7-10(14-11(12)9(3)4)15(5,6)13-8-2/h10H,3,7-8H2,1-2,4-6H3. The molecule has 0 aliphatic rings. The van der Waals surface area contributed by atoms with E-state index >= 15 is 0 Å². The molecule has 0 N–H and O–H groups in total. The summed E-state index contributed by atoms with van der Waals surface area (Å²) in [6.45, 7) is 14.0. The number of ether oxygens (including phenoxy) is 1. The molecule has 0 bridgehead atoms. The van der Waals surface area contributed by atoms with Gasteiger partial charge in [-0.25, -0.2) is 4.79 Å². The summed E-state index contributed by atoms with van der Waals surface area (Å²) in [6.07, 6.45) is 0.790. The molecule has 3 nitrogen and oxygen atoms in total. The minimum absolute atomic E-state index is 0.0957. The number of esters is 1. The summed E-state index contributed by atoms with van der Waals surface area (Å²) >= 11 is 0. The van der Waals surface area contributed by atoms with Crippen LogP contribution in [0.4, 0.5) is 0 Å². The van der Waals surface area contributed by atoms with E-state index in [1.54, 1.807) is 6.92 Å². The van der Waals surface area contributed by atoms with Crippen LogP contribution in [0, 0.1) is 0 Å². The largest absolute Gasteiger partial charge is 0.460 e. The molecule has 0 aliphatic carbocycles. The Morgan fingerprint density at radius 2 is 1.93 bits per heavy atom. The number of carbonyl (C=O) groups excluding carboxylic acids is 1. The fourth-order valence-electron chi connectivity index (χ4n) is 1.41. The van der Waals surface area contributed by atoms with E-state index in [1.165, 1.54) is 0 Å². The zero-order valence-corrected chi connectivity index (χ0v) is 11.4. The van der Waals surface area contributed by atoms with Crippen LogP contribution in [-0.4, -0.2) is 26.6 Å². The van der Waals surface area contributed by atoms with Crippen molar-refractivity contribution in [2.45, 2.75) is 46.0 Å². The predicted octanol–water partition coefficient (Wildman–Crippen LogP) is 2.67. The molecule has 0 spiro atoms. The first kappa shape index (κ1) is 14.4. The summed E-state index contributed by atoms with van der Waals surface area (Å²) in [5.41, 5.74) is 0.344. The van der Waals surface area contributed by atoms with Crippen LogP contribution in [0.5, 0.6) is 0 Å². The first-order valence-electron chi connectivity index (χ1n) is 5.35. The summed E-state index contributed by atoms with van der Waals surface area (Å²) in [5, 5.41) is 0. The number of hydrogen-bond donors (Lipinski definition) is 0. The maximum absolute atomic E-state index is 11.4. The highest BCUT2D eigenvalue weighted by molar-refractivity contribution is 6.72. The molecule has 0 radical (unpaired) electrons. The summed E-state index contributed by atoms with van der Waals surface area (Å²) in [4.78, 5) is 11.4. The summed E-state index contributed by atoms with van der Waals surface area (Å²) in [5.74, 6) is -0.317. The van der Waals surface area contributed by atoms with E-state index in [0.29, 0.717) is 12.2 Å². The van der Waals surface area contributed by atoms with Crippen LogP contribution in [0.1, 0.15) is 27.2 Å². The van der Waals surface area contributed by atoms with Gasteiger partial charge in [-0.3, -0.25) is 0 Å². The van der Waals surface area contributed by atoms with E-state index in [4.69, 9.17) is 9.16 Å². The molecule has 0 saturated carbocycles. The molecule has 15 heavy (non-hydrogen) atoms. The van der Waals surface area contributed by atoms with E-state index in [0.717, 1.165) is 6.42 Å². The molecule has 88 valence electrons. The second kappa shape index (κ2) is 6.08. The molecule has 0 heterocycles. The topological polar surface area (TPSA) is 35.5 Å². The van der Waals surface area contributed by atoms with Gasteiger partial charge in [0.25, 0.3) is 0 Å². The lowest BCUT2D eigenvalue weighted by atomic mass is 10.4. The summed E-state index contributed by atoms with van der Waals surface area (Å²) in [6, 6.07) is 0. The fraction of sp³-hybridized carbons (Fsp3) is 0.727. The van der Waals surface area contributed by atoms with Gasteiger partial charge in [-0.1, -0.05) is 13.5 Å². The fourth-order valence-corrected chi connectivity index (χ4v) is 3.72.